The Morgan fingerprint density at radius 3 is 2.72 bits per heavy atom. The lowest BCUT2D eigenvalue weighted by Gasteiger charge is -2.27. The van der Waals surface area contributed by atoms with Crippen LogP contribution in [0.1, 0.15) is 12.8 Å². The first kappa shape index (κ1) is 16.1. The topological polar surface area (TPSA) is 71.0 Å². The fourth-order valence-electron chi connectivity index (χ4n) is 3.09. The number of anilines is 1. The number of nitrogens with zero attached hydrogens (tertiary/aromatic N) is 4. The van der Waals surface area contributed by atoms with Gasteiger partial charge in [-0.05, 0) is 62.0 Å². The van der Waals surface area contributed by atoms with Crippen LogP contribution in [0.2, 0.25) is 0 Å². The number of carbonyl (C=O) groups excluding carboxylic acids is 1. The molecule has 6 nitrogen and oxygen atoms in total. The maximum Gasteiger partial charge on any atom is 0.228 e. The summed E-state index contributed by atoms with van der Waals surface area (Å²) < 4.78 is 4.12. The van der Waals surface area contributed by atoms with Gasteiger partial charge in [-0.3, -0.25) is 9.78 Å². The highest BCUT2D eigenvalue weighted by atomic mass is 32.1. The molecule has 4 heterocycles. The molecule has 3 aromatic rings. The lowest BCUT2D eigenvalue weighted by Crippen LogP contribution is -2.36. The van der Waals surface area contributed by atoms with Gasteiger partial charge in [0.2, 0.25) is 5.91 Å². The normalized spacial score (nSPS) is 16.2. The molecule has 4 rings (SSSR count). The highest BCUT2D eigenvalue weighted by Gasteiger charge is 2.23. The molecular formula is C18H19N5OS. The molecule has 1 fully saturated rings. The van der Waals surface area contributed by atoms with E-state index < -0.39 is 0 Å². The van der Waals surface area contributed by atoms with Crippen molar-refractivity contribution in [3.05, 3.63) is 36.1 Å². The molecule has 1 aliphatic rings. The molecule has 1 amide bonds. The molecule has 25 heavy (non-hydrogen) atoms. The number of hydrogen-bond acceptors (Lipinski definition) is 6. The Morgan fingerprint density at radius 2 is 1.96 bits per heavy atom. The zero-order valence-corrected chi connectivity index (χ0v) is 14.8. The Hall–Kier alpha value is -2.38. The van der Waals surface area contributed by atoms with Crippen LogP contribution in [0.15, 0.2) is 36.1 Å². The molecule has 128 valence electrons. The van der Waals surface area contributed by atoms with Crippen LogP contribution in [0.25, 0.3) is 22.0 Å². The first-order valence-corrected chi connectivity index (χ1v) is 9.18. The zero-order chi connectivity index (χ0) is 17.2. The van der Waals surface area contributed by atoms with E-state index in [2.05, 4.69) is 31.6 Å². The zero-order valence-electron chi connectivity index (χ0n) is 14.0. The van der Waals surface area contributed by atoms with Crippen LogP contribution in [-0.2, 0) is 4.79 Å². The molecule has 1 N–H and O–H groups in total. The van der Waals surface area contributed by atoms with E-state index in [1.807, 2.05) is 23.7 Å². The van der Waals surface area contributed by atoms with Gasteiger partial charge in [0.15, 0.2) is 0 Å². The van der Waals surface area contributed by atoms with E-state index in [1.54, 1.807) is 12.4 Å². The van der Waals surface area contributed by atoms with Crippen molar-refractivity contribution in [3.63, 3.8) is 0 Å². The third-order valence-corrected chi connectivity index (χ3v) is 5.26. The predicted molar refractivity (Wildman–Crippen MR) is 99.5 cm³/mol. The predicted octanol–water partition coefficient (Wildman–Crippen LogP) is 3.03. The summed E-state index contributed by atoms with van der Waals surface area (Å²) in [6.45, 7) is 1.93. The SMILES string of the molecule is CN1CCC(C(=O)Nc2cc3cc(-c4cnsc4)ncc3cn2)CC1. The fourth-order valence-corrected chi connectivity index (χ4v) is 3.63. The molecular weight excluding hydrogens is 334 g/mol. The monoisotopic (exact) mass is 353 g/mol. The van der Waals surface area contributed by atoms with Gasteiger partial charge in [-0.1, -0.05) is 0 Å². The van der Waals surface area contributed by atoms with Gasteiger partial charge >= 0.3 is 0 Å². The van der Waals surface area contributed by atoms with Crippen LogP contribution >= 0.6 is 11.5 Å². The first-order chi connectivity index (χ1) is 12.2. The second-order valence-electron chi connectivity index (χ2n) is 6.47. The van der Waals surface area contributed by atoms with E-state index in [0.717, 1.165) is 48.0 Å². The van der Waals surface area contributed by atoms with Crippen LogP contribution in [0, 0.1) is 5.92 Å². The minimum atomic E-state index is 0.0660. The lowest BCUT2D eigenvalue weighted by molar-refractivity contribution is -0.121. The highest BCUT2D eigenvalue weighted by Crippen LogP contribution is 2.24. The standard InChI is InChI=1S/C18H19N5OS/c1-23-4-2-12(3-5-23)18(24)22-17-7-13-6-16(15-10-21-25-11-15)19-8-14(13)9-20-17/h6-12H,2-5H2,1H3,(H,20,22,24). The Morgan fingerprint density at radius 1 is 1.16 bits per heavy atom. The summed E-state index contributed by atoms with van der Waals surface area (Å²) in [4.78, 5) is 23.5. The Balaban J connectivity index is 1.54. The van der Waals surface area contributed by atoms with Gasteiger partial charge in [0.05, 0.1) is 11.9 Å². The number of likely N-dealkylation sites (tertiary alicyclic amines) is 1. The molecule has 0 aromatic carbocycles. The minimum absolute atomic E-state index is 0.0660. The number of carbonyl (C=O) groups is 1. The van der Waals surface area contributed by atoms with E-state index >= 15 is 0 Å². The second-order valence-corrected chi connectivity index (χ2v) is 7.12. The molecule has 0 spiro atoms. The van der Waals surface area contributed by atoms with Crippen molar-refractivity contribution >= 4 is 34.0 Å². The molecule has 0 radical (unpaired) electrons. The number of pyridine rings is 2. The van der Waals surface area contributed by atoms with Crippen molar-refractivity contribution < 1.29 is 4.79 Å². The van der Waals surface area contributed by atoms with Crippen LogP contribution in [-0.4, -0.2) is 45.3 Å². The number of fused-ring (bicyclic) bond motifs is 1. The lowest BCUT2D eigenvalue weighted by atomic mass is 9.96. The number of rotatable bonds is 3. The molecule has 0 atom stereocenters. The summed E-state index contributed by atoms with van der Waals surface area (Å²) in [7, 11) is 2.09. The average molecular weight is 353 g/mol. The van der Waals surface area contributed by atoms with Gasteiger partial charge in [0, 0.05) is 34.6 Å². The largest absolute Gasteiger partial charge is 0.310 e. The number of piperidine rings is 1. The summed E-state index contributed by atoms with van der Waals surface area (Å²) in [5.74, 6) is 0.729. The maximum absolute atomic E-state index is 12.5. The van der Waals surface area contributed by atoms with E-state index in [-0.39, 0.29) is 11.8 Å². The molecule has 7 heteroatoms. The van der Waals surface area contributed by atoms with Gasteiger partial charge < -0.3 is 10.2 Å². The molecule has 3 aromatic heterocycles. The van der Waals surface area contributed by atoms with E-state index in [9.17, 15) is 4.79 Å². The van der Waals surface area contributed by atoms with Crippen molar-refractivity contribution in [2.75, 3.05) is 25.5 Å². The van der Waals surface area contributed by atoms with E-state index in [0.29, 0.717) is 5.82 Å². The number of nitrogens with one attached hydrogen (secondary N) is 1. The van der Waals surface area contributed by atoms with Crippen LogP contribution < -0.4 is 5.32 Å². The molecule has 0 saturated carbocycles. The number of amides is 1. The van der Waals surface area contributed by atoms with Crippen molar-refractivity contribution in [2.24, 2.45) is 5.92 Å². The summed E-state index contributed by atoms with van der Waals surface area (Å²) >= 11 is 1.40. The first-order valence-electron chi connectivity index (χ1n) is 8.34. The molecule has 0 bridgehead atoms. The van der Waals surface area contributed by atoms with Gasteiger partial charge in [0.25, 0.3) is 0 Å². The van der Waals surface area contributed by atoms with E-state index in [4.69, 9.17) is 0 Å². The van der Waals surface area contributed by atoms with Crippen molar-refractivity contribution in [3.8, 4) is 11.3 Å². The molecule has 1 aliphatic heterocycles. The average Bonchev–Trinajstić information content (AvgIpc) is 3.16. The smallest absolute Gasteiger partial charge is 0.228 e. The van der Waals surface area contributed by atoms with Gasteiger partial charge in [-0.2, -0.15) is 0 Å². The number of aromatic nitrogens is 3. The Kier molecular flexibility index (Phi) is 4.42. The molecule has 1 saturated heterocycles. The third-order valence-electron chi connectivity index (χ3n) is 4.67. The third kappa shape index (κ3) is 3.52. The van der Waals surface area contributed by atoms with Gasteiger partial charge in [-0.25, -0.2) is 9.36 Å². The minimum Gasteiger partial charge on any atom is -0.310 e. The highest BCUT2D eigenvalue weighted by molar-refractivity contribution is 7.03. The molecule has 0 unspecified atom stereocenters. The van der Waals surface area contributed by atoms with E-state index in [1.165, 1.54) is 11.5 Å². The van der Waals surface area contributed by atoms with Crippen LogP contribution in [0.5, 0.6) is 0 Å². The Bertz CT molecular complexity index is 888. The number of hydrogen-bond donors (Lipinski definition) is 1. The quantitative estimate of drug-likeness (QED) is 0.784. The second kappa shape index (κ2) is 6.85. The Labute approximate surface area is 150 Å². The summed E-state index contributed by atoms with van der Waals surface area (Å²) in [6.07, 6.45) is 7.16. The maximum atomic E-state index is 12.5. The van der Waals surface area contributed by atoms with Gasteiger partial charge in [-0.15, -0.1) is 0 Å². The molecule has 0 aliphatic carbocycles. The van der Waals surface area contributed by atoms with Crippen LogP contribution in [0.3, 0.4) is 0 Å². The fraction of sp³-hybridized carbons (Fsp3) is 0.333. The van der Waals surface area contributed by atoms with Gasteiger partial charge in [0.1, 0.15) is 5.82 Å². The van der Waals surface area contributed by atoms with Crippen molar-refractivity contribution in [1.82, 2.24) is 19.2 Å². The summed E-state index contributed by atoms with van der Waals surface area (Å²) in [5, 5.41) is 6.90. The summed E-state index contributed by atoms with van der Waals surface area (Å²) in [5.41, 5.74) is 1.88. The van der Waals surface area contributed by atoms with Crippen molar-refractivity contribution in [2.45, 2.75) is 12.8 Å². The summed E-state index contributed by atoms with van der Waals surface area (Å²) in [6, 6.07) is 3.92. The van der Waals surface area contributed by atoms with Crippen LogP contribution in [0.4, 0.5) is 5.82 Å². The van der Waals surface area contributed by atoms with Crippen molar-refractivity contribution in [1.29, 1.82) is 0 Å².